The highest BCUT2D eigenvalue weighted by atomic mass is 79.9. The molecule has 0 aliphatic carbocycles. The number of carbonyl (C=O) groups excluding carboxylic acids is 3. The fourth-order valence-electron chi connectivity index (χ4n) is 3.39. The monoisotopic (exact) mass is 478 g/mol. The van der Waals surface area contributed by atoms with Gasteiger partial charge >= 0.3 is 5.97 Å². The number of esters is 1. The molecule has 0 amide bonds. The highest BCUT2D eigenvalue weighted by Gasteiger charge is 2.45. The van der Waals surface area contributed by atoms with Crippen LogP contribution >= 0.6 is 31.9 Å². The van der Waals surface area contributed by atoms with Crippen molar-refractivity contribution >= 4 is 49.4 Å². The lowest BCUT2D eigenvalue weighted by molar-refractivity contribution is -0.146. The van der Waals surface area contributed by atoms with Gasteiger partial charge in [-0.3, -0.25) is 14.4 Å². The van der Waals surface area contributed by atoms with Crippen molar-refractivity contribution in [3.8, 4) is 5.75 Å². The van der Waals surface area contributed by atoms with Crippen molar-refractivity contribution in [3.05, 3.63) is 62.5 Å². The first-order valence-corrected chi connectivity index (χ1v) is 9.69. The van der Waals surface area contributed by atoms with E-state index in [1.54, 1.807) is 43.3 Å². The van der Waals surface area contributed by atoms with Gasteiger partial charge in [0.1, 0.15) is 17.5 Å². The fraction of sp³-hybridized carbons (Fsp3) is 0.250. The molecule has 0 bridgehead atoms. The molecule has 0 saturated heterocycles. The highest BCUT2D eigenvalue weighted by molar-refractivity contribution is 9.10. The Labute approximate surface area is 168 Å². The minimum Gasteiger partial charge on any atom is -0.426 e. The normalized spacial score (nSPS) is 20.1. The van der Waals surface area contributed by atoms with Gasteiger partial charge < -0.3 is 4.74 Å². The molecule has 4 nitrogen and oxygen atoms in total. The Kier molecular flexibility index (Phi) is 5.44. The van der Waals surface area contributed by atoms with Crippen LogP contribution in [0.15, 0.2) is 51.4 Å². The van der Waals surface area contributed by atoms with E-state index in [2.05, 4.69) is 31.9 Å². The summed E-state index contributed by atoms with van der Waals surface area (Å²) in [4.78, 5) is 37.7. The third-order valence-corrected chi connectivity index (χ3v) is 5.70. The third-order valence-electron chi connectivity index (χ3n) is 4.67. The second-order valence-electron chi connectivity index (χ2n) is 6.38. The van der Waals surface area contributed by atoms with Gasteiger partial charge in [-0.05, 0) is 37.3 Å². The molecule has 3 rings (SSSR count). The average molecular weight is 480 g/mol. The summed E-state index contributed by atoms with van der Waals surface area (Å²) in [6.07, 6.45) is 0. The number of rotatable bonds is 4. The molecule has 1 heterocycles. The molecule has 2 aromatic carbocycles. The Morgan fingerprint density at radius 2 is 1.65 bits per heavy atom. The summed E-state index contributed by atoms with van der Waals surface area (Å²) >= 11 is 6.77. The number of carbonyl (C=O) groups is 3. The molecule has 0 saturated carbocycles. The molecule has 26 heavy (non-hydrogen) atoms. The lowest BCUT2D eigenvalue weighted by Crippen LogP contribution is -2.40. The second-order valence-corrected chi connectivity index (χ2v) is 8.21. The van der Waals surface area contributed by atoms with Gasteiger partial charge in [-0.15, -0.1) is 0 Å². The van der Waals surface area contributed by atoms with Crippen molar-refractivity contribution in [2.75, 3.05) is 0 Å². The van der Waals surface area contributed by atoms with Gasteiger partial charge in [0, 0.05) is 31.9 Å². The standard InChI is InChI=1S/C20H16Br2O4/c1-10(19(24)12-3-5-13(21)6-4-12)17-15-9-14(22)7-8-16(15)26-20(25)18(17)11(2)23/h3-10,17-18H,1-2H3/t10-,17-,18-/m0/s1. The first-order chi connectivity index (χ1) is 12.3. The van der Waals surface area contributed by atoms with E-state index in [0.29, 0.717) is 16.9 Å². The highest BCUT2D eigenvalue weighted by Crippen LogP contribution is 2.44. The number of halogens is 2. The largest absolute Gasteiger partial charge is 0.426 e. The van der Waals surface area contributed by atoms with E-state index in [0.717, 1.165) is 8.95 Å². The van der Waals surface area contributed by atoms with Gasteiger partial charge in [0.05, 0.1) is 0 Å². The van der Waals surface area contributed by atoms with Gasteiger partial charge in [0.2, 0.25) is 0 Å². The van der Waals surface area contributed by atoms with Crippen LogP contribution in [0.5, 0.6) is 5.75 Å². The van der Waals surface area contributed by atoms with Crippen LogP contribution in [0.3, 0.4) is 0 Å². The van der Waals surface area contributed by atoms with E-state index >= 15 is 0 Å². The number of ether oxygens (including phenoxy) is 1. The van der Waals surface area contributed by atoms with Crippen molar-refractivity contribution < 1.29 is 19.1 Å². The minimum absolute atomic E-state index is 0.116. The maximum absolute atomic E-state index is 13.0. The molecule has 0 spiro atoms. The summed E-state index contributed by atoms with van der Waals surface area (Å²) in [5.41, 5.74) is 1.23. The lowest BCUT2D eigenvalue weighted by Gasteiger charge is -2.34. The maximum atomic E-state index is 13.0. The topological polar surface area (TPSA) is 60.4 Å². The van der Waals surface area contributed by atoms with E-state index in [1.165, 1.54) is 6.92 Å². The Bertz CT molecular complexity index is 889. The van der Waals surface area contributed by atoms with Crippen molar-refractivity contribution in [2.45, 2.75) is 19.8 Å². The molecule has 0 unspecified atom stereocenters. The van der Waals surface area contributed by atoms with Crippen LogP contribution in [0, 0.1) is 11.8 Å². The van der Waals surface area contributed by atoms with Crippen LogP contribution in [-0.2, 0) is 9.59 Å². The third kappa shape index (κ3) is 3.53. The number of Topliss-reactive ketones (excluding diaryl/α,β-unsaturated/α-hetero) is 2. The summed E-state index contributed by atoms with van der Waals surface area (Å²) < 4.78 is 7.01. The fourth-order valence-corrected chi connectivity index (χ4v) is 4.03. The minimum atomic E-state index is -0.994. The van der Waals surface area contributed by atoms with E-state index in [1.807, 2.05) is 6.07 Å². The van der Waals surface area contributed by atoms with Gasteiger partial charge in [0.15, 0.2) is 5.78 Å². The van der Waals surface area contributed by atoms with Gasteiger partial charge in [-0.25, -0.2) is 0 Å². The molecule has 2 aromatic rings. The summed E-state index contributed by atoms with van der Waals surface area (Å²) in [5.74, 6) is -2.76. The van der Waals surface area contributed by atoms with Crippen molar-refractivity contribution in [1.82, 2.24) is 0 Å². The second kappa shape index (κ2) is 7.45. The van der Waals surface area contributed by atoms with E-state index < -0.39 is 23.7 Å². The molecule has 1 aliphatic rings. The number of benzene rings is 2. The van der Waals surface area contributed by atoms with Gasteiger partial charge in [-0.1, -0.05) is 50.9 Å². The number of hydrogen-bond donors (Lipinski definition) is 0. The van der Waals surface area contributed by atoms with Crippen LogP contribution in [0.25, 0.3) is 0 Å². The van der Waals surface area contributed by atoms with Gasteiger partial charge in [0.25, 0.3) is 0 Å². The predicted octanol–water partition coefficient (Wildman–Crippen LogP) is 4.94. The Morgan fingerprint density at radius 3 is 2.27 bits per heavy atom. The average Bonchev–Trinajstić information content (AvgIpc) is 2.60. The van der Waals surface area contributed by atoms with Crippen LogP contribution in [-0.4, -0.2) is 17.5 Å². The van der Waals surface area contributed by atoms with Gasteiger partial charge in [-0.2, -0.15) is 0 Å². The molecular formula is C20H16Br2O4. The zero-order valence-electron chi connectivity index (χ0n) is 14.2. The maximum Gasteiger partial charge on any atom is 0.322 e. The molecule has 3 atom stereocenters. The Balaban J connectivity index is 2.07. The molecule has 0 radical (unpaired) electrons. The Morgan fingerprint density at radius 1 is 1.04 bits per heavy atom. The smallest absolute Gasteiger partial charge is 0.322 e. The summed E-state index contributed by atoms with van der Waals surface area (Å²) in [7, 11) is 0. The summed E-state index contributed by atoms with van der Waals surface area (Å²) in [5, 5.41) is 0. The molecule has 0 aromatic heterocycles. The predicted molar refractivity (Wildman–Crippen MR) is 104 cm³/mol. The van der Waals surface area contributed by atoms with Crippen LogP contribution in [0.2, 0.25) is 0 Å². The quantitative estimate of drug-likeness (QED) is 0.270. The van der Waals surface area contributed by atoms with E-state index in [9.17, 15) is 14.4 Å². The molecule has 0 N–H and O–H groups in total. The van der Waals surface area contributed by atoms with Crippen molar-refractivity contribution in [2.24, 2.45) is 11.8 Å². The summed E-state index contributed by atoms with van der Waals surface area (Å²) in [6.45, 7) is 3.12. The zero-order chi connectivity index (χ0) is 19.0. The molecular weight excluding hydrogens is 464 g/mol. The number of hydrogen-bond acceptors (Lipinski definition) is 4. The Hall–Kier alpha value is -1.79. The van der Waals surface area contributed by atoms with Crippen LogP contribution < -0.4 is 4.74 Å². The van der Waals surface area contributed by atoms with Crippen molar-refractivity contribution in [3.63, 3.8) is 0 Å². The van der Waals surface area contributed by atoms with E-state index in [-0.39, 0.29) is 11.6 Å². The SMILES string of the molecule is CC(=O)[C@@H]1C(=O)Oc2ccc(Br)cc2[C@@H]1[C@H](C)C(=O)c1ccc(Br)cc1. The number of fused-ring (bicyclic) bond motifs is 1. The van der Waals surface area contributed by atoms with Crippen LogP contribution in [0.1, 0.15) is 35.7 Å². The molecule has 1 aliphatic heterocycles. The molecule has 0 fully saturated rings. The first-order valence-electron chi connectivity index (χ1n) is 8.11. The zero-order valence-corrected chi connectivity index (χ0v) is 17.3. The molecule has 6 heteroatoms. The van der Waals surface area contributed by atoms with Crippen molar-refractivity contribution in [1.29, 1.82) is 0 Å². The molecule has 134 valence electrons. The number of ketones is 2. The summed E-state index contributed by atoms with van der Waals surface area (Å²) in [6, 6.07) is 12.3. The lowest BCUT2D eigenvalue weighted by atomic mass is 9.72. The van der Waals surface area contributed by atoms with E-state index in [4.69, 9.17) is 4.74 Å². The first kappa shape index (κ1) is 19.0. The van der Waals surface area contributed by atoms with Crippen LogP contribution in [0.4, 0.5) is 0 Å².